The van der Waals surface area contributed by atoms with Crippen molar-refractivity contribution in [3.05, 3.63) is 36.0 Å². The Bertz CT molecular complexity index is 958. The summed E-state index contributed by atoms with van der Waals surface area (Å²) in [6, 6.07) is 0. The molecule has 0 aliphatic rings. The minimum atomic E-state index is -0.788. The second-order valence-electron chi connectivity index (χ2n) is 14.9. The molecule has 0 saturated carbocycles. The lowest BCUT2D eigenvalue weighted by Crippen LogP contribution is -2.27. The molecular weight excluding hydrogens is 666 g/mol. The Balaban J connectivity index is 4.79. The molecule has 1 atom stereocenters. The fourth-order valence-corrected chi connectivity index (χ4v) is 5.81. The number of rotatable bonds is 37. The van der Waals surface area contributed by atoms with Crippen LogP contribution in [0.5, 0.6) is 0 Å². The van der Waals surface area contributed by atoms with Crippen molar-refractivity contribution in [3.63, 3.8) is 0 Å². The first-order chi connectivity index (χ1) is 25.8. The number of carbonyl (C=O) groups excluding carboxylic acids is 3. The average molecular weight is 748 g/mol. The highest BCUT2D eigenvalue weighted by Gasteiger charge is 2.18. The molecule has 0 aromatic rings. The van der Waals surface area contributed by atoms with Crippen LogP contribution >= 0.6 is 0 Å². The number of allylic oxidation sites excluding steroid dienone is 5. The smallest absolute Gasteiger partial charge is 0.465 e. The second kappa shape index (κ2) is 39.1. The summed E-state index contributed by atoms with van der Waals surface area (Å²) in [5.74, 6) is -1.17. The largest absolute Gasteiger partial charge is 0.508 e. The fourth-order valence-electron chi connectivity index (χ4n) is 5.81. The van der Waals surface area contributed by atoms with Gasteiger partial charge in [0.05, 0.1) is 5.92 Å². The van der Waals surface area contributed by atoms with Crippen LogP contribution in [0.25, 0.3) is 0 Å². The minimum absolute atomic E-state index is 0.00309. The molecule has 1 unspecified atom stereocenters. The molecule has 0 aromatic heterocycles. The van der Waals surface area contributed by atoms with Crippen LogP contribution in [-0.4, -0.2) is 70.1 Å². The minimum Gasteiger partial charge on any atom is -0.465 e. The molecule has 0 aliphatic carbocycles. The molecule has 0 amide bonds. The van der Waals surface area contributed by atoms with E-state index in [4.69, 9.17) is 18.9 Å². The molecule has 0 saturated heterocycles. The van der Waals surface area contributed by atoms with E-state index in [0.717, 1.165) is 76.2 Å². The van der Waals surface area contributed by atoms with Gasteiger partial charge in [-0.3, -0.25) is 4.79 Å². The number of carbonyl (C=O) groups is 3. The number of hydrogen-bond donors (Lipinski definition) is 0. The first-order valence-corrected chi connectivity index (χ1v) is 21.6. The molecule has 8 nitrogen and oxygen atoms in total. The maximum absolute atomic E-state index is 13.0. The number of likely N-dealkylation sites (N-methyl/N-ethyl adjacent to an activating group) is 1. The first kappa shape index (κ1) is 50.4. The van der Waals surface area contributed by atoms with Gasteiger partial charge in [-0.15, -0.1) is 0 Å². The fraction of sp³-hybridized carbons (Fsp3) is 0.800. The highest BCUT2D eigenvalue weighted by Crippen LogP contribution is 2.19. The monoisotopic (exact) mass is 748 g/mol. The van der Waals surface area contributed by atoms with Gasteiger partial charge in [-0.1, -0.05) is 141 Å². The SMILES string of the molecule is CCCCC/C=C\C/C=C\CCCCCCCC(=O)OCC(COC(=O)/C=C(\CCCCCCC)CCCCCCCC)COC(=O)OCCN(C)C. The number of nitrogens with zero attached hydrogens (tertiary/aromatic N) is 1. The third-order valence-corrected chi connectivity index (χ3v) is 9.24. The lowest BCUT2D eigenvalue weighted by Gasteiger charge is -2.17. The Morgan fingerprint density at radius 2 is 1.00 bits per heavy atom. The standard InChI is InChI=1S/C45H81NO7/c1-6-9-12-15-17-18-19-20-21-22-23-24-25-28-31-34-43(47)51-38-42(40-53-45(49)50-36-35-46(4)5)39-52-44(48)37-41(32-29-26-14-11-8-3)33-30-27-16-13-10-7-2/h17-18,20-21,37,42H,6-16,19,22-36,38-40H2,1-5H3/b18-17-,21-20-,41-37+. The molecule has 0 rings (SSSR count). The van der Waals surface area contributed by atoms with E-state index in [1.807, 2.05) is 19.0 Å². The van der Waals surface area contributed by atoms with Crippen molar-refractivity contribution in [2.24, 2.45) is 5.92 Å². The van der Waals surface area contributed by atoms with E-state index in [9.17, 15) is 14.4 Å². The van der Waals surface area contributed by atoms with Gasteiger partial charge in [0, 0.05) is 19.0 Å². The van der Waals surface area contributed by atoms with Crippen LogP contribution in [0.4, 0.5) is 4.79 Å². The Labute approximate surface area is 325 Å². The highest BCUT2D eigenvalue weighted by molar-refractivity contribution is 5.82. The zero-order valence-corrected chi connectivity index (χ0v) is 35.0. The van der Waals surface area contributed by atoms with Crippen molar-refractivity contribution in [2.45, 2.75) is 181 Å². The molecule has 0 radical (unpaired) electrons. The van der Waals surface area contributed by atoms with Crippen molar-refractivity contribution in [1.29, 1.82) is 0 Å². The summed E-state index contributed by atoms with van der Waals surface area (Å²) in [5.41, 5.74) is 1.14. The molecular formula is C45H81NO7. The lowest BCUT2D eigenvalue weighted by molar-refractivity contribution is -0.148. The third-order valence-electron chi connectivity index (χ3n) is 9.24. The molecule has 53 heavy (non-hydrogen) atoms. The molecule has 0 spiro atoms. The topological polar surface area (TPSA) is 91.4 Å². The number of hydrogen-bond acceptors (Lipinski definition) is 8. The van der Waals surface area contributed by atoms with Crippen molar-refractivity contribution in [3.8, 4) is 0 Å². The van der Waals surface area contributed by atoms with E-state index in [-0.39, 0.29) is 32.4 Å². The Morgan fingerprint density at radius 3 is 1.58 bits per heavy atom. The number of esters is 2. The van der Waals surface area contributed by atoms with E-state index >= 15 is 0 Å². The molecule has 0 fully saturated rings. The van der Waals surface area contributed by atoms with Gasteiger partial charge in [0.1, 0.15) is 26.4 Å². The molecule has 8 heteroatoms. The van der Waals surface area contributed by atoms with Crippen molar-refractivity contribution >= 4 is 18.1 Å². The molecule has 308 valence electrons. The van der Waals surface area contributed by atoms with E-state index in [0.29, 0.717) is 13.0 Å². The molecule has 0 N–H and O–H groups in total. The van der Waals surface area contributed by atoms with Crippen molar-refractivity contribution < 1.29 is 33.3 Å². The average Bonchev–Trinajstić information content (AvgIpc) is 3.13. The predicted octanol–water partition coefficient (Wildman–Crippen LogP) is 12.3. The summed E-state index contributed by atoms with van der Waals surface area (Å²) in [6.07, 6.45) is 37.6. The maximum atomic E-state index is 13.0. The van der Waals surface area contributed by atoms with E-state index in [2.05, 4.69) is 45.1 Å². The van der Waals surface area contributed by atoms with Crippen molar-refractivity contribution in [2.75, 3.05) is 47.1 Å². The Morgan fingerprint density at radius 1 is 0.528 bits per heavy atom. The highest BCUT2D eigenvalue weighted by atomic mass is 16.7. The number of unbranched alkanes of at least 4 members (excludes halogenated alkanes) is 17. The van der Waals surface area contributed by atoms with Gasteiger partial charge in [-0.05, 0) is 78.3 Å². The summed E-state index contributed by atoms with van der Waals surface area (Å²) in [7, 11) is 3.78. The first-order valence-electron chi connectivity index (χ1n) is 21.6. The normalized spacial score (nSPS) is 12.5. The van der Waals surface area contributed by atoms with Crippen LogP contribution in [0.2, 0.25) is 0 Å². The van der Waals surface area contributed by atoms with Crippen LogP contribution in [0.15, 0.2) is 36.0 Å². The Kier molecular flexibility index (Phi) is 37.2. The summed E-state index contributed by atoms with van der Waals surface area (Å²) in [5, 5.41) is 0. The van der Waals surface area contributed by atoms with Gasteiger partial charge >= 0.3 is 18.1 Å². The van der Waals surface area contributed by atoms with Gasteiger partial charge < -0.3 is 23.8 Å². The lowest BCUT2D eigenvalue weighted by atomic mass is 9.99. The van der Waals surface area contributed by atoms with Crippen LogP contribution in [0, 0.1) is 5.92 Å². The van der Waals surface area contributed by atoms with E-state index in [1.165, 1.54) is 83.5 Å². The van der Waals surface area contributed by atoms with Crippen LogP contribution in [0.1, 0.15) is 181 Å². The van der Waals surface area contributed by atoms with Crippen LogP contribution in [0.3, 0.4) is 0 Å². The van der Waals surface area contributed by atoms with E-state index < -0.39 is 18.0 Å². The quantitative estimate of drug-likeness (QED) is 0.0204. The summed E-state index contributed by atoms with van der Waals surface area (Å²) >= 11 is 0. The van der Waals surface area contributed by atoms with Crippen molar-refractivity contribution in [1.82, 2.24) is 4.90 Å². The van der Waals surface area contributed by atoms with Gasteiger partial charge in [0.2, 0.25) is 0 Å². The van der Waals surface area contributed by atoms with Crippen LogP contribution in [-0.2, 0) is 28.5 Å². The molecule has 0 aromatic carbocycles. The summed E-state index contributed by atoms with van der Waals surface area (Å²) in [4.78, 5) is 39.6. The van der Waals surface area contributed by atoms with E-state index in [1.54, 1.807) is 6.08 Å². The second-order valence-corrected chi connectivity index (χ2v) is 14.9. The third kappa shape index (κ3) is 37.5. The van der Waals surface area contributed by atoms with Gasteiger partial charge in [0.25, 0.3) is 0 Å². The van der Waals surface area contributed by atoms with Gasteiger partial charge in [0.15, 0.2) is 0 Å². The maximum Gasteiger partial charge on any atom is 0.508 e. The van der Waals surface area contributed by atoms with Gasteiger partial charge in [-0.25, -0.2) is 9.59 Å². The predicted molar refractivity (Wildman–Crippen MR) is 220 cm³/mol. The zero-order valence-electron chi connectivity index (χ0n) is 35.0. The molecule has 0 bridgehead atoms. The molecule has 0 heterocycles. The molecule has 0 aliphatic heterocycles. The zero-order chi connectivity index (χ0) is 39.0. The summed E-state index contributed by atoms with van der Waals surface area (Å²) < 4.78 is 21.7. The van der Waals surface area contributed by atoms with Gasteiger partial charge in [-0.2, -0.15) is 0 Å². The Hall–Kier alpha value is -2.61. The van der Waals surface area contributed by atoms with Crippen LogP contribution < -0.4 is 0 Å². The number of ether oxygens (including phenoxy) is 4. The summed E-state index contributed by atoms with van der Waals surface area (Å²) in [6.45, 7) is 7.37.